The summed E-state index contributed by atoms with van der Waals surface area (Å²) in [6.45, 7) is 11.1. The largest absolute Gasteiger partial charge is 0.457 e. The number of primary amides is 1. The molecule has 4 N–H and O–H groups in total. The van der Waals surface area contributed by atoms with Crippen LogP contribution in [-0.4, -0.2) is 143 Å². The maximum absolute atomic E-state index is 12.7. The summed E-state index contributed by atoms with van der Waals surface area (Å²) in [6, 6.07) is 23.0. The van der Waals surface area contributed by atoms with Crippen LogP contribution in [0, 0.1) is 11.8 Å². The zero-order chi connectivity index (χ0) is 45.7. The second-order valence-corrected chi connectivity index (χ2v) is 18.8. The van der Waals surface area contributed by atoms with Crippen molar-refractivity contribution in [2.24, 2.45) is 17.6 Å². The average Bonchev–Trinajstić information content (AvgIpc) is 3.89. The third-order valence-corrected chi connectivity index (χ3v) is 14.4. The Labute approximate surface area is 386 Å². The molecule has 0 spiro atoms. The van der Waals surface area contributed by atoms with Gasteiger partial charge >= 0.3 is 0 Å². The number of carbonyl (C=O) groups excluding carboxylic acids is 5. The van der Waals surface area contributed by atoms with Crippen LogP contribution in [0.15, 0.2) is 72.8 Å². The Bertz CT molecular complexity index is 2380. The molecule has 7 heterocycles. The van der Waals surface area contributed by atoms with Crippen LogP contribution < -0.4 is 21.1 Å². The SMILES string of the molecule is CN1CCC(CN2CCC(C3CCNc4c(C(N)=O)c(-c5ccc(Oc6ccccc6)cc5)nn43)CC2)CC1.O=CN1CCN(Cc2ccc3c(c2)CN(C2CCC(=O)NC2=O)C3=O)CC1. The summed E-state index contributed by atoms with van der Waals surface area (Å²) < 4.78 is 8.02. The van der Waals surface area contributed by atoms with Gasteiger partial charge < -0.3 is 35.4 Å². The van der Waals surface area contributed by atoms with Crippen LogP contribution in [0.5, 0.6) is 11.5 Å². The third-order valence-electron chi connectivity index (χ3n) is 14.4. The van der Waals surface area contributed by atoms with Gasteiger partial charge in [0.15, 0.2) is 0 Å². The number of nitrogens with one attached hydrogen (secondary N) is 2. The van der Waals surface area contributed by atoms with Gasteiger partial charge in [-0.15, -0.1) is 0 Å². The number of ether oxygens (including phenoxy) is 1. The molecule has 66 heavy (non-hydrogen) atoms. The van der Waals surface area contributed by atoms with Crippen molar-refractivity contribution in [2.75, 3.05) is 77.8 Å². The standard InChI is InChI=1S/C31H40N6O2.C19H22N4O4/c1-35-17-12-22(13-18-35)21-36-19-14-23(15-20-36)27-11-16-33-31-28(30(32)38)29(34-37(27)31)24-7-9-26(10-8-24)39-25-5-3-2-4-6-25;24-12-22-7-5-21(6-8-22)10-13-1-2-15-14(9-13)11-23(19(15)27)16-3-4-17(25)20-18(16)26/h2-10,22-23,27,33H,11-21H2,1H3,(H2,32,38);1-2,9,12,16H,3-8,10-11H2,(H,20,25,26). The normalized spacial score (nSPS) is 22.2. The van der Waals surface area contributed by atoms with Crippen molar-refractivity contribution in [1.82, 2.24) is 39.6 Å². The Hall–Kier alpha value is -6.10. The van der Waals surface area contributed by atoms with Crippen molar-refractivity contribution in [3.8, 4) is 22.8 Å². The first-order chi connectivity index (χ1) is 32.1. The molecule has 10 rings (SSSR count). The highest BCUT2D eigenvalue weighted by Crippen LogP contribution is 2.40. The maximum Gasteiger partial charge on any atom is 0.255 e. The number of imide groups is 1. The van der Waals surface area contributed by atoms with Crippen LogP contribution >= 0.6 is 0 Å². The van der Waals surface area contributed by atoms with E-state index in [2.05, 4.69) is 37.1 Å². The van der Waals surface area contributed by atoms with Gasteiger partial charge in [-0.05, 0) is 137 Å². The van der Waals surface area contributed by atoms with Gasteiger partial charge in [-0.1, -0.05) is 30.3 Å². The van der Waals surface area contributed by atoms with Crippen LogP contribution in [0.4, 0.5) is 5.82 Å². The van der Waals surface area contributed by atoms with Crippen molar-refractivity contribution < 1.29 is 28.7 Å². The van der Waals surface area contributed by atoms with E-state index in [1.54, 1.807) is 9.80 Å². The van der Waals surface area contributed by atoms with Crippen molar-refractivity contribution in [2.45, 2.75) is 70.1 Å². The number of likely N-dealkylation sites (tertiary alicyclic amines) is 2. The summed E-state index contributed by atoms with van der Waals surface area (Å²) in [5, 5.41) is 10.8. The molecule has 6 aliphatic rings. The minimum atomic E-state index is -0.581. The second-order valence-electron chi connectivity index (χ2n) is 18.8. The maximum atomic E-state index is 12.7. The lowest BCUT2D eigenvalue weighted by Crippen LogP contribution is -2.52. The van der Waals surface area contributed by atoms with Crippen molar-refractivity contribution in [3.63, 3.8) is 0 Å². The Balaban J connectivity index is 0.000000178. The molecule has 1 aromatic heterocycles. The molecule has 16 heteroatoms. The fourth-order valence-corrected chi connectivity index (χ4v) is 10.6. The number of carbonyl (C=O) groups is 5. The Morgan fingerprint density at radius 1 is 0.833 bits per heavy atom. The number of piperidine rings is 3. The first kappa shape index (κ1) is 45.1. The minimum Gasteiger partial charge on any atom is -0.457 e. The van der Waals surface area contributed by atoms with Crippen LogP contribution in [0.2, 0.25) is 0 Å². The summed E-state index contributed by atoms with van der Waals surface area (Å²) in [6.07, 6.45) is 7.51. The summed E-state index contributed by atoms with van der Waals surface area (Å²) in [7, 11) is 2.23. The van der Waals surface area contributed by atoms with E-state index in [0.717, 1.165) is 105 Å². The predicted octanol–water partition coefficient (Wildman–Crippen LogP) is 4.57. The Morgan fingerprint density at radius 2 is 1.56 bits per heavy atom. The zero-order valence-electron chi connectivity index (χ0n) is 37.9. The quantitative estimate of drug-likeness (QED) is 0.142. The van der Waals surface area contributed by atoms with E-state index in [-0.39, 0.29) is 30.2 Å². The highest BCUT2D eigenvalue weighted by atomic mass is 16.5. The highest BCUT2D eigenvalue weighted by Gasteiger charge is 2.40. The van der Waals surface area contributed by atoms with E-state index in [4.69, 9.17) is 15.6 Å². The molecular weight excluding hydrogens is 837 g/mol. The van der Waals surface area contributed by atoms with E-state index in [0.29, 0.717) is 35.7 Å². The van der Waals surface area contributed by atoms with E-state index in [1.807, 2.05) is 72.8 Å². The molecule has 0 radical (unpaired) electrons. The first-order valence-electron chi connectivity index (χ1n) is 23.7. The van der Waals surface area contributed by atoms with E-state index in [9.17, 15) is 24.0 Å². The average molecular weight is 899 g/mol. The van der Waals surface area contributed by atoms with E-state index >= 15 is 0 Å². The van der Waals surface area contributed by atoms with E-state index < -0.39 is 11.9 Å². The number of para-hydroxylation sites is 1. The number of amides is 5. The predicted molar refractivity (Wildman–Crippen MR) is 250 cm³/mol. The minimum absolute atomic E-state index is 0.148. The monoisotopic (exact) mass is 898 g/mol. The third kappa shape index (κ3) is 10.1. The van der Waals surface area contributed by atoms with Gasteiger partial charge in [0.05, 0.1) is 6.04 Å². The molecule has 0 bridgehead atoms. The topological polar surface area (TPSA) is 179 Å². The molecule has 16 nitrogen and oxygen atoms in total. The number of rotatable bonds is 11. The molecule has 0 saturated carbocycles. The van der Waals surface area contributed by atoms with Crippen molar-refractivity contribution in [3.05, 3.63) is 95.1 Å². The number of fused-ring (bicyclic) bond motifs is 2. The second kappa shape index (κ2) is 20.2. The van der Waals surface area contributed by atoms with Gasteiger partial charge in [-0.25, -0.2) is 4.68 Å². The summed E-state index contributed by atoms with van der Waals surface area (Å²) >= 11 is 0. The molecule has 3 aromatic carbocycles. The van der Waals surface area contributed by atoms with Crippen LogP contribution in [0.1, 0.15) is 82.8 Å². The molecule has 4 aromatic rings. The number of hydrogen-bond acceptors (Lipinski definition) is 11. The molecule has 2 unspecified atom stereocenters. The van der Waals surface area contributed by atoms with Crippen molar-refractivity contribution >= 4 is 35.9 Å². The summed E-state index contributed by atoms with van der Waals surface area (Å²) in [4.78, 5) is 70.4. The molecule has 5 amide bonds. The molecule has 348 valence electrons. The molecular formula is C50H62N10O6. The summed E-state index contributed by atoms with van der Waals surface area (Å²) in [5.41, 5.74) is 10.6. The fraction of sp³-hybridized carbons (Fsp3) is 0.480. The van der Waals surface area contributed by atoms with Gasteiger partial charge in [0.2, 0.25) is 18.2 Å². The zero-order valence-corrected chi connectivity index (χ0v) is 37.9. The van der Waals surface area contributed by atoms with Gasteiger partial charge in [0, 0.05) is 69.9 Å². The number of anilines is 1. The lowest BCUT2D eigenvalue weighted by Gasteiger charge is -2.40. The number of piperazine rings is 1. The molecule has 6 aliphatic heterocycles. The smallest absolute Gasteiger partial charge is 0.255 e. The number of benzene rings is 3. The Kier molecular flexibility index (Phi) is 13.8. The fourth-order valence-electron chi connectivity index (χ4n) is 10.6. The van der Waals surface area contributed by atoms with Crippen LogP contribution in [0.25, 0.3) is 11.3 Å². The summed E-state index contributed by atoms with van der Waals surface area (Å²) in [5.74, 6) is 2.41. The highest BCUT2D eigenvalue weighted by molar-refractivity contribution is 6.05. The van der Waals surface area contributed by atoms with Crippen LogP contribution in [0.3, 0.4) is 0 Å². The number of nitrogens with zero attached hydrogens (tertiary/aromatic N) is 7. The lowest BCUT2D eigenvalue weighted by molar-refractivity contribution is -0.137. The Morgan fingerprint density at radius 3 is 2.26 bits per heavy atom. The number of nitrogens with two attached hydrogens (primary N) is 1. The molecule has 4 fully saturated rings. The molecule has 4 saturated heterocycles. The number of aromatic nitrogens is 2. The van der Waals surface area contributed by atoms with Crippen LogP contribution in [-0.2, 0) is 27.5 Å². The first-order valence-corrected chi connectivity index (χ1v) is 23.7. The lowest BCUT2D eigenvalue weighted by atomic mass is 9.86. The van der Waals surface area contributed by atoms with Gasteiger partial charge in [-0.2, -0.15) is 5.10 Å². The van der Waals surface area contributed by atoms with Gasteiger partial charge in [0.25, 0.3) is 11.8 Å². The van der Waals surface area contributed by atoms with Gasteiger partial charge in [-0.3, -0.25) is 34.2 Å². The molecule has 0 aliphatic carbocycles. The molecule has 2 atom stereocenters. The van der Waals surface area contributed by atoms with Gasteiger partial charge in [0.1, 0.15) is 34.6 Å². The van der Waals surface area contributed by atoms with E-state index in [1.165, 1.54) is 45.3 Å². The number of hydrogen-bond donors (Lipinski definition) is 3. The van der Waals surface area contributed by atoms with Crippen molar-refractivity contribution in [1.29, 1.82) is 0 Å².